The molecule has 0 fully saturated rings. The van der Waals surface area contributed by atoms with Gasteiger partial charge in [-0.1, -0.05) is 61.3 Å². The molecule has 1 aromatic heterocycles. The van der Waals surface area contributed by atoms with Crippen LogP contribution in [0.2, 0.25) is 10.0 Å². The summed E-state index contributed by atoms with van der Waals surface area (Å²) in [6, 6.07) is 18.5. The smallest absolute Gasteiger partial charge is 0.335 e. The van der Waals surface area contributed by atoms with Crippen LogP contribution >= 0.6 is 23.2 Å². The third-order valence-corrected chi connectivity index (χ3v) is 7.20. The number of ether oxygens (including phenoxy) is 1. The zero-order valence-electron chi connectivity index (χ0n) is 21.9. The summed E-state index contributed by atoms with van der Waals surface area (Å²) in [5, 5.41) is 15.1. The molecule has 38 heavy (non-hydrogen) atoms. The molecule has 4 rings (SSSR count). The van der Waals surface area contributed by atoms with Gasteiger partial charge in [-0.05, 0) is 72.4 Å². The van der Waals surface area contributed by atoms with E-state index in [2.05, 4.69) is 23.8 Å². The zero-order valence-corrected chi connectivity index (χ0v) is 23.4. The zero-order chi connectivity index (χ0) is 27.4. The van der Waals surface area contributed by atoms with Crippen LogP contribution in [-0.2, 0) is 13.0 Å². The van der Waals surface area contributed by atoms with Crippen LogP contribution in [0.5, 0.6) is 5.75 Å². The summed E-state index contributed by atoms with van der Waals surface area (Å²) < 4.78 is 8.01. The molecule has 8 heteroatoms. The van der Waals surface area contributed by atoms with Crippen molar-refractivity contribution in [3.05, 3.63) is 105 Å². The van der Waals surface area contributed by atoms with Crippen molar-refractivity contribution in [1.82, 2.24) is 9.78 Å². The first-order valence-corrected chi connectivity index (χ1v) is 13.2. The average Bonchev–Trinajstić information content (AvgIpc) is 3.30. The summed E-state index contributed by atoms with van der Waals surface area (Å²) in [5.41, 5.74) is 5.88. The predicted octanol–water partition coefficient (Wildman–Crippen LogP) is 7.57. The van der Waals surface area contributed by atoms with E-state index in [0.717, 1.165) is 33.8 Å². The first-order chi connectivity index (χ1) is 18.2. The molecule has 0 aliphatic heterocycles. The predicted molar refractivity (Wildman–Crippen MR) is 154 cm³/mol. The molecule has 0 saturated carbocycles. The van der Waals surface area contributed by atoms with Crippen molar-refractivity contribution in [1.29, 1.82) is 0 Å². The molecule has 0 bridgehead atoms. The number of hydrogen-bond acceptors (Lipinski definition) is 4. The summed E-state index contributed by atoms with van der Waals surface area (Å²) in [5.74, 6) is 0.0796. The summed E-state index contributed by atoms with van der Waals surface area (Å²) in [7, 11) is 2.01. The van der Waals surface area contributed by atoms with Crippen molar-refractivity contribution in [2.75, 3.05) is 18.5 Å². The number of nitrogens with zero attached hydrogens (tertiary/aromatic N) is 3. The molecule has 0 aliphatic carbocycles. The third kappa shape index (κ3) is 5.98. The number of aryl methyl sites for hydroxylation is 1. The number of aromatic nitrogens is 2. The van der Waals surface area contributed by atoms with E-state index in [4.69, 9.17) is 27.9 Å². The maximum atomic E-state index is 11.5. The Kier molecular flexibility index (Phi) is 8.65. The molecule has 198 valence electrons. The van der Waals surface area contributed by atoms with Crippen LogP contribution in [0.1, 0.15) is 52.5 Å². The molecule has 0 aliphatic rings. The monoisotopic (exact) mass is 551 g/mol. The highest BCUT2D eigenvalue weighted by Crippen LogP contribution is 2.32. The van der Waals surface area contributed by atoms with Gasteiger partial charge in [0.05, 0.1) is 27.5 Å². The van der Waals surface area contributed by atoms with Crippen LogP contribution in [0.15, 0.2) is 66.9 Å². The van der Waals surface area contributed by atoms with Crippen LogP contribution < -0.4 is 9.64 Å². The average molecular weight is 553 g/mol. The molecule has 1 N–H and O–H groups in total. The number of carboxylic acid groups (broad SMARTS) is 1. The Labute approximate surface area is 233 Å². The Bertz CT molecular complexity index is 1430. The summed E-state index contributed by atoms with van der Waals surface area (Å²) in [6.07, 6.45) is 2.47. The van der Waals surface area contributed by atoms with E-state index in [1.807, 2.05) is 56.6 Å². The lowest BCUT2D eigenvalue weighted by atomic mass is 10.0. The Balaban J connectivity index is 1.50. The number of anilines is 1. The van der Waals surface area contributed by atoms with Crippen molar-refractivity contribution in [3.8, 4) is 11.4 Å². The maximum Gasteiger partial charge on any atom is 0.335 e. The van der Waals surface area contributed by atoms with Gasteiger partial charge < -0.3 is 14.7 Å². The molecule has 0 unspecified atom stereocenters. The highest BCUT2D eigenvalue weighted by Gasteiger charge is 2.19. The molecule has 0 spiro atoms. The lowest BCUT2D eigenvalue weighted by molar-refractivity contribution is 0.0695. The molecular formula is C30H31Cl2N3O3. The molecule has 3 aromatic carbocycles. The fourth-order valence-corrected chi connectivity index (χ4v) is 5.11. The molecule has 0 radical (unpaired) electrons. The number of carbonyl (C=O) groups is 1. The number of halogens is 2. The van der Waals surface area contributed by atoms with Crippen molar-refractivity contribution in [2.45, 2.75) is 39.7 Å². The summed E-state index contributed by atoms with van der Waals surface area (Å²) in [4.78, 5) is 13.6. The minimum Gasteiger partial charge on any atom is -0.487 e. The molecular weight excluding hydrogens is 521 g/mol. The van der Waals surface area contributed by atoms with Crippen LogP contribution in [0.3, 0.4) is 0 Å². The quantitative estimate of drug-likeness (QED) is 0.220. The van der Waals surface area contributed by atoms with Gasteiger partial charge in [0, 0.05) is 19.3 Å². The number of likely N-dealkylation sites (N-methyl/N-ethyl adjacent to an activating group) is 1. The number of benzene rings is 3. The molecule has 6 nitrogen and oxygen atoms in total. The van der Waals surface area contributed by atoms with Crippen LogP contribution in [0.25, 0.3) is 5.69 Å². The lowest BCUT2D eigenvalue weighted by Gasteiger charge is -2.22. The van der Waals surface area contributed by atoms with Crippen LogP contribution in [-0.4, -0.2) is 34.4 Å². The van der Waals surface area contributed by atoms with Crippen molar-refractivity contribution in [3.63, 3.8) is 0 Å². The minimum absolute atomic E-state index is 0.243. The van der Waals surface area contributed by atoms with Gasteiger partial charge in [-0.3, -0.25) is 0 Å². The second kappa shape index (κ2) is 11.9. The second-order valence-corrected chi connectivity index (χ2v) is 10.4. The van der Waals surface area contributed by atoms with Gasteiger partial charge in [0.2, 0.25) is 0 Å². The van der Waals surface area contributed by atoms with Crippen LogP contribution in [0, 0.1) is 6.92 Å². The van der Waals surface area contributed by atoms with Crippen molar-refractivity contribution >= 4 is 34.9 Å². The first kappa shape index (κ1) is 27.6. The van der Waals surface area contributed by atoms with Gasteiger partial charge in [-0.15, -0.1) is 0 Å². The van der Waals surface area contributed by atoms with E-state index in [1.54, 1.807) is 28.9 Å². The molecule has 0 saturated heterocycles. The first-order valence-electron chi connectivity index (χ1n) is 12.4. The number of carboxylic acids is 1. The molecule has 4 aromatic rings. The Morgan fingerprint density at radius 3 is 2.45 bits per heavy atom. The highest BCUT2D eigenvalue weighted by molar-refractivity contribution is 6.37. The SMILES string of the molecule is Cc1cc(OCc2c(C(C)C)cnn2-c2c(Cl)cccc2Cl)ccc1N(C)CCc1ccccc1C(=O)O. The highest BCUT2D eigenvalue weighted by atomic mass is 35.5. The van der Waals surface area contributed by atoms with E-state index in [1.165, 1.54) is 0 Å². The number of hydrogen-bond donors (Lipinski definition) is 1. The number of para-hydroxylation sites is 1. The number of aromatic carboxylic acids is 1. The lowest BCUT2D eigenvalue weighted by Crippen LogP contribution is -2.22. The minimum atomic E-state index is -0.903. The van der Waals surface area contributed by atoms with Gasteiger partial charge in [0.1, 0.15) is 18.0 Å². The molecule has 0 amide bonds. The second-order valence-electron chi connectivity index (χ2n) is 9.55. The third-order valence-electron chi connectivity index (χ3n) is 6.59. The summed E-state index contributed by atoms with van der Waals surface area (Å²) >= 11 is 13.0. The Hall–Kier alpha value is -3.48. The molecule has 0 atom stereocenters. The fourth-order valence-electron chi connectivity index (χ4n) is 4.55. The van der Waals surface area contributed by atoms with Gasteiger partial charge >= 0.3 is 5.97 Å². The largest absolute Gasteiger partial charge is 0.487 e. The maximum absolute atomic E-state index is 11.5. The van der Waals surface area contributed by atoms with E-state index < -0.39 is 5.97 Å². The van der Waals surface area contributed by atoms with Crippen molar-refractivity contribution < 1.29 is 14.6 Å². The normalized spacial score (nSPS) is 11.1. The standard InChI is InChI=1S/C30H31Cl2N3O3/c1-19(2)24-17-33-35(29-25(31)10-7-11-26(29)32)28(24)18-38-22-12-13-27(20(3)16-22)34(4)15-14-21-8-5-6-9-23(21)30(36)37/h5-13,16-17,19H,14-15,18H2,1-4H3,(H,36,37). The van der Waals surface area contributed by atoms with E-state index in [0.29, 0.717) is 40.9 Å². The van der Waals surface area contributed by atoms with E-state index >= 15 is 0 Å². The van der Waals surface area contributed by atoms with Gasteiger partial charge in [0.25, 0.3) is 0 Å². The number of rotatable bonds is 10. The summed E-state index contributed by atoms with van der Waals surface area (Å²) in [6.45, 7) is 7.25. The van der Waals surface area contributed by atoms with Crippen LogP contribution in [0.4, 0.5) is 5.69 Å². The fraction of sp³-hybridized carbons (Fsp3) is 0.267. The van der Waals surface area contributed by atoms with Gasteiger partial charge in [-0.2, -0.15) is 5.10 Å². The van der Waals surface area contributed by atoms with E-state index in [-0.39, 0.29) is 5.92 Å². The van der Waals surface area contributed by atoms with Crippen molar-refractivity contribution in [2.24, 2.45) is 0 Å². The molecule has 1 heterocycles. The van der Waals surface area contributed by atoms with Gasteiger partial charge in [-0.25, -0.2) is 9.48 Å². The topological polar surface area (TPSA) is 67.6 Å². The Morgan fingerprint density at radius 2 is 1.79 bits per heavy atom. The van der Waals surface area contributed by atoms with E-state index in [9.17, 15) is 9.90 Å². The Morgan fingerprint density at radius 1 is 1.08 bits per heavy atom. The van der Waals surface area contributed by atoms with Gasteiger partial charge in [0.15, 0.2) is 0 Å².